The van der Waals surface area contributed by atoms with E-state index in [1.807, 2.05) is 6.92 Å². The number of H-pyrrole nitrogens is 1. The van der Waals surface area contributed by atoms with Gasteiger partial charge < -0.3 is 15.0 Å². The molecule has 0 atom stereocenters. The predicted molar refractivity (Wildman–Crippen MR) is 102 cm³/mol. The molecular weight excluding hydrogens is 393 g/mol. The smallest absolute Gasteiger partial charge is 0.406 e. The number of amides is 1. The number of rotatable bonds is 6. The zero-order valence-electron chi connectivity index (χ0n) is 15.0. The molecule has 2 aromatic carbocycles. The van der Waals surface area contributed by atoms with Crippen LogP contribution in [0.3, 0.4) is 0 Å². The Kier molecular flexibility index (Phi) is 5.84. The summed E-state index contributed by atoms with van der Waals surface area (Å²) in [6, 6.07) is 11.2. The van der Waals surface area contributed by atoms with Gasteiger partial charge in [0, 0.05) is 28.2 Å². The molecule has 28 heavy (non-hydrogen) atoms. The van der Waals surface area contributed by atoms with E-state index >= 15 is 0 Å². The van der Waals surface area contributed by atoms with Gasteiger partial charge in [-0.3, -0.25) is 4.79 Å². The number of hydrogen-bond acceptors (Lipinski definition) is 2. The second kappa shape index (κ2) is 8.14. The Morgan fingerprint density at radius 1 is 1.18 bits per heavy atom. The third kappa shape index (κ3) is 5.19. The van der Waals surface area contributed by atoms with E-state index in [1.165, 1.54) is 12.1 Å². The van der Waals surface area contributed by atoms with Crippen LogP contribution in [0.2, 0.25) is 5.02 Å². The SMILES string of the molecule is Cc1[nH]c2ccc(OC(F)(F)F)cc2c1CCNC(=O)Cc1ccc(Cl)cc1. The molecule has 0 bridgehead atoms. The molecule has 1 amide bonds. The van der Waals surface area contributed by atoms with Gasteiger partial charge in [0.05, 0.1) is 6.42 Å². The van der Waals surface area contributed by atoms with Crippen molar-refractivity contribution < 1.29 is 22.7 Å². The number of carbonyl (C=O) groups is 1. The average molecular weight is 411 g/mol. The van der Waals surface area contributed by atoms with E-state index in [1.54, 1.807) is 30.3 Å². The quantitative estimate of drug-likeness (QED) is 0.605. The highest BCUT2D eigenvalue weighted by Gasteiger charge is 2.31. The van der Waals surface area contributed by atoms with Gasteiger partial charge in [0.25, 0.3) is 0 Å². The summed E-state index contributed by atoms with van der Waals surface area (Å²) in [5.41, 5.74) is 3.24. The average Bonchev–Trinajstić information content (AvgIpc) is 2.91. The van der Waals surface area contributed by atoms with E-state index in [0.717, 1.165) is 22.3 Å². The summed E-state index contributed by atoms with van der Waals surface area (Å²) in [4.78, 5) is 15.2. The van der Waals surface area contributed by atoms with Crippen molar-refractivity contribution in [3.8, 4) is 5.75 Å². The van der Waals surface area contributed by atoms with E-state index < -0.39 is 6.36 Å². The van der Waals surface area contributed by atoms with Crippen molar-refractivity contribution in [2.45, 2.75) is 26.1 Å². The van der Waals surface area contributed by atoms with Crippen LogP contribution in [0.5, 0.6) is 5.75 Å². The first-order valence-electron chi connectivity index (χ1n) is 8.59. The van der Waals surface area contributed by atoms with Crippen LogP contribution in [0, 0.1) is 6.92 Å². The standard InChI is InChI=1S/C20H18ClF3N2O2/c1-12-16(8-9-25-19(27)10-13-2-4-14(21)5-3-13)17-11-15(28-20(22,23)24)6-7-18(17)26-12/h2-7,11,26H,8-10H2,1H3,(H,25,27). The Morgan fingerprint density at radius 2 is 1.89 bits per heavy atom. The van der Waals surface area contributed by atoms with Gasteiger partial charge in [0.1, 0.15) is 5.75 Å². The van der Waals surface area contributed by atoms with Crippen molar-refractivity contribution in [2.75, 3.05) is 6.54 Å². The Labute approximate surface area is 164 Å². The van der Waals surface area contributed by atoms with Crippen LogP contribution < -0.4 is 10.1 Å². The lowest BCUT2D eigenvalue weighted by molar-refractivity contribution is -0.274. The second-order valence-electron chi connectivity index (χ2n) is 6.39. The number of halogens is 4. The third-order valence-corrected chi connectivity index (χ3v) is 4.55. The Hall–Kier alpha value is -2.67. The van der Waals surface area contributed by atoms with Gasteiger partial charge in [0.2, 0.25) is 5.91 Å². The lowest BCUT2D eigenvalue weighted by atomic mass is 10.1. The molecule has 0 saturated heterocycles. The minimum Gasteiger partial charge on any atom is -0.406 e. The Bertz CT molecular complexity index is 982. The molecule has 0 aliphatic rings. The lowest BCUT2D eigenvalue weighted by Crippen LogP contribution is -2.27. The Morgan fingerprint density at radius 3 is 2.57 bits per heavy atom. The number of aromatic amines is 1. The van der Waals surface area contributed by atoms with Gasteiger partial charge in [-0.1, -0.05) is 23.7 Å². The Balaban J connectivity index is 1.64. The van der Waals surface area contributed by atoms with Crippen LogP contribution in [-0.2, 0) is 17.6 Å². The monoisotopic (exact) mass is 410 g/mol. The summed E-state index contributed by atoms with van der Waals surface area (Å²) >= 11 is 5.82. The molecule has 1 heterocycles. The van der Waals surface area contributed by atoms with E-state index in [0.29, 0.717) is 23.4 Å². The molecule has 0 unspecified atom stereocenters. The molecule has 1 aromatic heterocycles. The summed E-state index contributed by atoms with van der Waals surface area (Å²) in [6.45, 7) is 2.21. The van der Waals surface area contributed by atoms with E-state index in [9.17, 15) is 18.0 Å². The molecule has 0 aliphatic carbocycles. The van der Waals surface area contributed by atoms with Crippen LogP contribution in [0.1, 0.15) is 16.8 Å². The first-order valence-corrected chi connectivity index (χ1v) is 8.97. The molecule has 0 saturated carbocycles. The van der Waals surface area contributed by atoms with Gasteiger partial charge in [-0.05, 0) is 54.8 Å². The highest BCUT2D eigenvalue weighted by Crippen LogP contribution is 2.29. The molecule has 0 fully saturated rings. The number of carbonyl (C=O) groups excluding carboxylic acids is 1. The summed E-state index contributed by atoms with van der Waals surface area (Å²) in [7, 11) is 0. The lowest BCUT2D eigenvalue weighted by Gasteiger charge is -2.09. The molecule has 0 radical (unpaired) electrons. The minimum absolute atomic E-state index is 0.138. The van der Waals surface area contributed by atoms with Crippen molar-refractivity contribution in [3.63, 3.8) is 0 Å². The van der Waals surface area contributed by atoms with Crippen LogP contribution in [0.4, 0.5) is 13.2 Å². The number of aromatic nitrogens is 1. The van der Waals surface area contributed by atoms with E-state index in [-0.39, 0.29) is 18.1 Å². The highest BCUT2D eigenvalue weighted by atomic mass is 35.5. The van der Waals surface area contributed by atoms with Gasteiger partial charge in [-0.15, -0.1) is 13.2 Å². The topological polar surface area (TPSA) is 54.1 Å². The van der Waals surface area contributed by atoms with Crippen molar-refractivity contribution in [2.24, 2.45) is 0 Å². The zero-order valence-corrected chi connectivity index (χ0v) is 15.7. The van der Waals surface area contributed by atoms with Crippen LogP contribution in [-0.4, -0.2) is 23.8 Å². The number of aryl methyl sites for hydroxylation is 1. The molecule has 3 aromatic rings. The number of alkyl halides is 3. The van der Waals surface area contributed by atoms with Crippen molar-refractivity contribution >= 4 is 28.4 Å². The predicted octanol–water partition coefficient (Wildman–Crippen LogP) is 4.93. The summed E-state index contributed by atoms with van der Waals surface area (Å²) in [5.74, 6) is -0.409. The minimum atomic E-state index is -4.74. The molecule has 8 heteroatoms. The summed E-state index contributed by atoms with van der Waals surface area (Å²) < 4.78 is 41.4. The molecular formula is C20H18ClF3N2O2. The largest absolute Gasteiger partial charge is 0.573 e. The summed E-state index contributed by atoms with van der Waals surface area (Å²) in [6.07, 6.45) is -4.03. The fourth-order valence-electron chi connectivity index (χ4n) is 3.06. The fraction of sp³-hybridized carbons (Fsp3) is 0.250. The van der Waals surface area contributed by atoms with Crippen LogP contribution in [0.25, 0.3) is 10.9 Å². The fourth-order valence-corrected chi connectivity index (χ4v) is 3.18. The van der Waals surface area contributed by atoms with Crippen LogP contribution in [0.15, 0.2) is 42.5 Å². The van der Waals surface area contributed by atoms with Gasteiger partial charge in [-0.25, -0.2) is 0 Å². The van der Waals surface area contributed by atoms with Gasteiger partial charge in [0.15, 0.2) is 0 Å². The molecule has 3 rings (SSSR count). The first kappa shape index (κ1) is 20.1. The molecule has 148 valence electrons. The zero-order chi connectivity index (χ0) is 20.3. The van der Waals surface area contributed by atoms with Crippen LogP contribution >= 0.6 is 11.6 Å². The molecule has 4 nitrogen and oxygen atoms in total. The molecule has 2 N–H and O–H groups in total. The third-order valence-electron chi connectivity index (χ3n) is 4.30. The molecule has 0 spiro atoms. The number of fused-ring (bicyclic) bond motifs is 1. The van der Waals surface area contributed by atoms with Gasteiger partial charge in [-0.2, -0.15) is 0 Å². The van der Waals surface area contributed by atoms with Crippen molar-refractivity contribution in [1.29, 1.82) is 0 Å². The van der Waals surface area contributed by atoms with Crippen molar-refractivity contribution in [1.82, 2.24) is 10.3 Å². The van der Waals surface area contributed by atoms with Crippen molar-refractivity contribution in [3.05, 3.63) is 64.3 Å². The van der Waals surface area contributed by atoms with E-state index in [4.69, 9.17) is 11.6 Å². The second-order valence-corrected chi connectivity index (χ2v) is 6.82. The normalized spacial score (nSPS) is 11.6. The number of nitrogens with one attached hydrogen (secondary N) is 2. The molecule has 0 aliphatic heterocycles. The maximum absolute atomic E-state index is 12.5. The number of hydrogen-bond donors (Lipinski definition) is 2. The maximum atomic E-state index is 12.5. The highest BCUT2D eigenvalue weighted by molar-refractivity contribution is 6.30. The summed E-state index contributed by atoms with van der Waals surface area (Å²) in [5, 5.41) is 4.08. The maximum Gasteiger partial charge on any atom is 0.573 e. The first-order chi connectivity index (χ1) is 13.2. The number of benzene rings is 2. The number of ether oxygens (including phenoxy) is 1. The van der Waals surface area contributed by atoms with E-state index in [2.05, 4.69) is 15.0 Å². The van der Waals surface area contributed by atoms with Gasteiger partial charge >= 0.3 is 6.36 Å².